The van der Waals surface area contributed by atoms with Gasteiger partial charge >= 0.3 is 18.0 Å². The third-order valence-corrected chi connectivity index (χ3v) is 5.33. The van der Waals surface area contributed by atoms with Crippen LogP contribution in [0.25, 0.3) is 0 Å². The predicted molar refractivity (Wildman–Crippen MR) is 100 cm³/mol. The Labute approximate surface area is 171 Å². The van der Waals surface area contributed by atoms with E-state index >= 15 is 0 Å². The number of ether oxygens (including phenoxy) is 2. The summed E-state index contributed by atoms with van der Waals surface area (Å²) >= 11 is 0. The third kappa shape index (κ3) is 8.83. The summed E-state index contributed by atoms with van der Waals surface area (Å²) in [6, 6.07) is 0. The zero-order valence-corrected chi connectivity index (χ0v) is 16.8. The smallest absolute Gasteiger partial charge is 0.434 e. The largest absolute Gasteiger partial charge is 0.447 e. The molecule has 0 spiro atoms. The Morgan fingerprint density at radius 1 is 1.17 bits per heavy atom. The second kappa shape index (κ2) is 12.6. The summed E-state index contributed by atoms with van der Waals surface area (Å²) in [5.41, 5.74) is 0. The molecule has 162 valence electrons. The van der Waals surface area contributed by atoms with Crippen molar-refractivity contribution in [2.75, 3.05) is 31.3 Å². The lowest BCUT2D eigenvalue weighted by Crippen LogP contribution is -2.43. The van der Waals surface area contributed by atoms with Crippen LogP contribution in [0.1, 0.15) is 5.82 Å². The van der Waals surface area contributed by atoms with Crippen LogP contribution in [0.15, 0.2) is 6.20 Å². The van der Waals surface area contributed by atoms with Gasteiger partial charge in [0.15, 0.2) is 5.82 Å². The van der Waals surface area contributed by atoms with E-state index in [-0.39, 0.29) is 37.2 Å². The standard InChI is InChI=1S/C12H18N6O9S2/c1-9-14-8-10(17(21)22)15(9)2-3-25-11(19)16(13)12(20)26-4-6-28-29-7-5-27-18(23)24/h8H,2-7,13H2,1H3. The van der Waals surface area contributed by atoms with E-state index in [1.54, 1.807) is 6.92 Å². The molecule has 2 N–H and O–H groups in total. The van der Waals surface area contributed by atoms with Crippen molar-refractivity contribution in [2.24, 2.45) is 5.84 Å². The molecule has 15 nitrogen and oxygen atoms in total. The zero-order chi connectivity index (χ0) is 21.8. The van der Waals surface area contributed by atoms with Crippen LogP contribution in [0, 0.1) is 27.2 Å². The van der Waals surface area contributed by atoms with Gasteiger partial charge in [0.25, 0.3) is 5.09 Å². The molecule has 17 heteroatoms. The van der Waals surface area contributed by atoms with Crippen LogP contribution >= 0.6 is 21.6 Å². The molecule has 2 amide bonds. The molecule has 0 aliphatic carbocycles. The van der Waals surface area contributed by atoms with Crippen LogP contribution in [0.3, 0.4) is 0 Å². The minimum atomic E-state index is -1.19. The average Bonchev–Trinajstić information content (AvgIpc) is 3.03. The first kappa shape index (κ1) is 24.2. The molecule has 0 aliphatic heterocycles. The molecule has 0 radical (unpaired) electrons. The van der Waals surface area contributed by atoms with Crippen LogP contribution in [-0.2, 0) is 20.9 Å². The van der Waals surface area contributed by atoms with Crippen molar-refractivity contribution in [3.8, 4) is 0 Å². The van der Waals surface area contributed by atoms with Gasteiger partial charge in [0, 0.05) is 18.4 Å². The molecule has 0 atom stereocenters. The van der Waals surface area contributed by atoms with Gasteiger partial charge in [0.05, 0.1) is 0 Å². The first-order chi connectivity index (χ1) is 13.7. The lowest BCUT2D eigenvalue weighted by atomic mass is 10.6. The molecule has 1 aromatic heterocycles. The maximum Gasteiger partial charge on any atom is 0.434 e. The van der Waals surface area contributed by atoms with Crippen molar-refractivity contribution in [3.05, 3.63) is 32.2 Å². The van der Waals surface area contributed by atoms with Crippen molar-refractivity contribution in [2.45, 2.75) is 13.5 Å². The SMILES string of the molecule is Cc1ncc([N+](=O)[O-])n1CCOC(=O)N(N)C(=O)OCCSSCCO[N+](=O)[O-]. The Morgan fingerprint density at radius 3 is 2.34 bits per heavy atom. The summed E-state index contributed by atoms with van der Waals surface area (Å²) in [4.78, 5) is 51.5. The molecule has 0 bridgehead atoms. The molecule has 0 saturated carbocycles. The van der Waals surface area contributed by atoms with E-state index in [4.69, 9.17) is 15.3 Å². The summed E-state index contributed by atoms with van der Waals surface area (Å²) in [5.74, 6) is 6.11. The zero-order valence-electron chi connectivity index (χ0n) is 15.1. The van der Waals surface area contributed by atoms with Crippen LogP contribution in [0.4, 0.5) is 15.4 Å². The second-order valence-corrected chi connectivity index (χ2v) is 7.57. The molecule has 1 heterocycles. The Balaban J connectivity index is 2.23. The molecular formula is C12H18N6O9S2. The molecule has 0 unspecified atom stereocenters. The van der Waals surface area contributed by atoms with Crippen molar-refractivity contribution in [3.63, 3.8) is 0 Å². The normalized spacial score (nSPS) is 10.3. The van der Waals surface area contributed by atoms with E-state index in [1.807, 2.05) is 0 Å². The van der Waals surface area contributed by atoms with E-state index in [2.05, 4.69) is 9.82 Å². The molecule has 1 aromatic rings. The number of hydrogen-bond acceptors (Lipinski definition) is 13. The number of amides is 2. The fourth-order valence-corrected chi connectivity index (χ4v) is 3.39. The summed E-state index contributed by atoms with van der Waals surface area (Å²) < 4.78 is 10.8. The van der Waals surface area contributed by atoms with Gasteiger partial charge in [-0.05, 0) is 4.92 Å². The van der Waals surface area contributed by atoms with Gasteiger partial charge in [-0.25, -0.2) is 25.0 Å². The van der Waals surface area contributed by atoms with Crippen molar-refractivity contribution >= 4 is 39.6 Å². The summed E-state index contributed by atoms with van der Waals surface area (Å²) in [7, 11) is 2.56. The first-order valence-corrected chi connectivity index (χ1v) is 10.3. The van der Waals surface area contributed by atoms with Gasteiger partial charge < -0.3 is 24.4 Å². The van der Waals surface area contributed by atoms with Crippen LogP contribution in [-0.4, -0.2) is 68.1 Å². The van der Waals surface area contributed by atoms with E-state index in [1.165, 1.54) is 26.2 Å². The second-order valence-electron chi connectivity index (χ2n) is 4.87. The number of carbonyl (C=O) groups excluding carboxylic acids is 2. The number of nitro groups is 1. The highest BCUT2D eigenvalue weighted by Crippen LogP contribution is 2.20. The highest BCUT2D eigenvalue weighted by molar-refractivity contribution is 8.76. The predicted octanol–water partition coefficient (Wildman–Crippen LogP) is 1.14. The third-order valence-electron chi connectivity index (χ3n) is 2.99. The van der Waals surface area contributed by atoms with Crippen molar-refractivity contribution < 1.29 is 33.9 Å². The van der Waals surface area contributed by atoms with Gasteiger partial charge in [-0.15, -0.1) is 15.1 Å². The maximum absolute atomic E-state index is 11.7. The van der Waals surface area contributed by atoms with Crippen LogP contribution in [0.2, 0.25) is 0 Å². The van der Waals surface area contributed by atoms with Gasteiger partial charge in [-0.2, -0.15) is 0 Å². The minimum Gasteiger partial charge on any atom is -0.447 e. The average molecular weight is 454 g/mol. The van der Waals surface area contributed by atoms with E-state index in [9.17, 15) is 29.8 Å². The molecule has 29 heavy (non-hydrogen) atoms. The fourth-order valence-electron chi connectivity index (χ4n) is 1.74. The van der Waals surface area contributed by atoms with Crippen molar-refractivity contribution in [1.82, 2.24) is 14.6 Å². The summed E-state index contributed by atoms with van der Waals surface area (Å²) in [6.07, 6.45) is -1.24. The monoisotopic (exact) mass is 454 g/mol. The summed E-state index contributed by atoms with van der Waals surface area (Å²) in [6.45, 7) is 1.09. The number of hydrogen-bond donors (Lipinski definition) is 1. The topological polar surface area (TPSA) is 195 Å². The molecule has 0 aliphatic rings. The number of hydrazine groups is 1. The lowest BCUT2D eigenvalue weighted by Gasteiger charge is -2.14. The number of imide groups is 1. The number of aryl methyl sites for hydroxylation is 1. The highest BCUT2D eigenvalue weighted by Gasteiger charge is 2.22. The number of carbonyl (C=O) groups is 2. The van der Waals surface area contributed by atoms with Gasteiger partial charge in [0.2, 0.25) is 0 Å². The van der Waals surface area contributed by atoms with Gasteiger partial charge in [0.1, 0.15) is 32.6 Å². The number of imidazole rings is 1. The van der Waals surface area contributed by atoms with Gasteiger partial charge in [-0.3, -0.25) is 0 Å². The fraction of sp³-hybridized carbons (Fsp3) is 0.583. The lowest BCUT2D eigenvalue weighted by molar-refractivity contribution is -0.756. The maximum atomic E-state index is 11.7. The Bertz CT molecular complexity index is 731. The first-order valence-electron chi connectivity index (χ1n) is 7.80. The number of nitrogens with zero attached hydrogens (tertiary/aromatic N) is 5. The molecule has 0 aromatic carbocycles. The van der Waals surface area contributed by atoms with E-state index in [0.29, 0.717) is 17.3 Å². The Morgan fingerprint density at radius 2 is 1.76 bits per heavy atom. The Kier molecular flexibility index (Phi) is 10.6. The Hall–Kier alpha value is -2.79. The number of nitrogens with two attached hydrogens (primary N) is 1. The highest BCUT2D eigenvalue weighted by atomic mass is 33.1. The number of aromatic nitrogens is 2. The molecular weight excluding hydrogens is 436 g/mol. The summed E-state index contributed by atoms with van der Waals surface area (Å²) in [5, 5.41) is 20.0. The van der Waals surface area contributed by atoms with Crippen LogP contribution in [0.5, 0.6) is 0 Å². The van der Waals surface area contributed by atoms with Crippen LogP contribution < -0.4 is 5.84 Å². The quantitative estimate of drug-likeness (QED) is 0.118. The van der Waals surface area contributed by atoms with Gasteiger partial charge in [-0.1, -0.05) is 21.6 Å². The van der Waals surface area contributed by atoms with E-state index in [0.717, 1.165) is 6.20 Å². The molecule has 0 fully saturated rings. The minimum absolute atomic E-state index is 0.0508. The number of rotatable bonds is 12. The van der Waals surface area contributed by atoms with Crippen molar-refractivity contribution in [1.29, 1.82) is 0 Å². The van der Waals surface area contributed by atoms with E-state index < -0.39 is 22.2 Å². The molecule has 0 saturated heterocycles. The molecule has 1 rings (SSSR count).